The van der Waals surface area contributed by atoms with Crippen LogP contribution >= 0.6 is 11.8 Å². The Labute approximate surface area is 161 Å². The minimum atomic E-state index is -0.432. The van der Waals surface area contributed by atoms with Crippen molar-refractivity contribution in [3.8, 4) is 0 Å². The second kappa shape index (κ2) is 9.63. The summed E-state index contributed by atoms with van der Waals surface area (Å²) in [4.78, 5) is 23.9. The molecule has 0 aromatic heterocycles. The zero-order valence-corrected chi connectivity index (χ0v) is 15.9. The van der Waals surface area contributed by atoms with Gasteiger partial charge in [-0.2, -0.15) is 10.5 Å². The minimum Gasteiger partial charge on any atom is -0.462 e. The van der Waals surface area contributed by atoms with E-state index in [4.69, 9.17) is 15.7 Å². The van der Waals surface area contributed by atoms with Crippen LogP contribution in [-0.4, -0.2) is 29.3 Å². The van der Waals surface area contributed by atoms with E-state index in [1.165, 1.54) is 0 Å². The van der Waals surface area contributed by atoms with Crippen LogP contribution in [0.25, 0.3) is 0 Å². The van der Waals surface area contributed by atoms with Crippen LogP contribution in [-0.2, 0) is 4.74 Å². The average molecular weight is 384 g/mol. The second-order valence-electron chi connectivity index (χ2n) is 5.56. The fourth-order valence-electron chi connectivity index (χ4n) is 2.19. The molecule has 140 valence electrons. The first-order valence-electron chi connectivity index (χ1n) is 8.22. The lowest BCUT2D eigenvalue weighted by molar-refractivity contribution is 0.0526. The van der Waals surface area contributed by atoms with Crippen molar-refractivity contribution in [3.63, 3.8) is 0 Å². The Morgan fingerprint density at radius 1 is 1.07 bits per heavy atom. The van der Waals surface area contributed by atoms with E-state index in [1.54, 1.807) is 43.3 Å². The van der Waals surface area contributed by atoms with Crippen molar-refractivity contribution in [2.45, 2.75) is 13.8 Å². The molecule has 0 saturated heterocycles. The first-order chi connectivity index (χ1) is 13.0. The highest BCUT2D eigenvalue weighted by molar-refractivity contribution is 8.14. The van der Waals surface area contributed by atoms with Crippen molar-refractivity contribution >= 4 is 34.4 Å². The maximum absolute atomic E-state index is 12.3. The third-order valence-corrected chi connectivity index (χ3v) is 4.48. The number of ether oxygens (including phenoxy) is 1. The third kappa shape index (κ3) is 5.49. The molecule has 0 aliphatic rings. The SMILES string of the molecule is CCOC(=O)c1ccc(C(=O)CSC(=N)N(N=N)c2ccc(C)cc2)cc1. The van der Waals surface area contributed by atoms with Gasteiger partial charge < -0.3 is 4.74 Å². The van der Waals surface area contributed by atoms with Gasteiger partial charge in [-0.25, -0.2) is 4.79 Å². The number of aryl methyl sites for hydroxylation is 1. The maximum atomic E-state index is 12.3. The molecule has 0 fully saturated rings. The van der Waals surface area contributed by atoms with Crippen molar-refractivity contribution < 1.29 is 14.3 Å². The first kappa shape index (κ1) is 20.3. The predicted molar refractivity (Wildman–Crippen MR) is 106 cm³/mol. The van der Waals surface area contributed by atoms with Gasteiger partial charge in [-0.3, -0.25) is 10.2 Å². The molecule has 8 heteroatoms. The van der Waals surface area contributed by atoms with Gasteiger partial charge in [0, 0.05) is 5.56 Å². The summed E-state index contributed by atoms with van der Waals surface area (Å²) in [5.41, 5.74) is 9.76. The number of Topliss-reactive ketones (excluding diaryl/α,β-unsaturated/α-hetero) is 1. The molecule has 0 heterocycles. The summed E-state index contributed by atoms with van der Waals surface area (Å²) < 4.78 is 4.91. The zero-order chi connectivity index (χ0) is 19.8. The number of hydrogen-bond donors (Lipinski definition) is 2. The van der Waals surface area contributed by atoms with Crippen LogP contribution in [0, 0.1) is 17.9 Å². The topological polar surface area (TPSA) is 107 Å². The van der Waals surface area contributed by atoms with Crippen LogP contribution in [0.4, 0.5) is 5.69 Å². The number of esters is 1. The molecule has 0 aliphatic carbocycles. The van der Waals surface area contributed by atoms with Crippen molar-refractivity contribution in [1.82, 2.24) is 0 Å². The molecule has 0 radical (unpaired) electrons. The molecule has 2 N–H and O–H groups in total. The highest BCUT2D eigenvalue weighted by Crippen LogP contribution is 2.20. The van der Waals surface area contributed by atoms with E-state index in [1.807, 2.05) is 19.1 Å². The molecule has 0 spiro atoms. The number of ketones is 1. The number of rotatable bonds is 7. The van der Waals surface area contributed by atoms with Gasteiger partial charge in [0.2, 0.25) is 0 Å². The fraction of sp³-hybridized carbons (Fsp3) is 0.211. The van der Waals surface area contributed by atoms with Crippen molar-refractivity contribution in [2.75, 3.05) is 17.4 Å². The Morgan fingerprint density at radius 2 is 1.67 bits per heavy atom. The molecule has 0 unspecified atom stereocenters. The summed E-state index contributed by atoms with van der Waals surface area (Å²) in [7, 11) is 0. The largest absolute Gasteiger partial charge is 0.462 e. The van der Waals surface area contributed by atoms with Crippen LogP contribution in [0.15, 0.2) is 53.8 Å². The molecule has 7 nitrogen and oxygen atoms in total. The lowest BCUT2D eigenvalue weighted by atomic mass is 10.1. The van der Waals surface area contributed by atoms with Gasteiger partial charge in [-0.1, -0.05) is 46.8 Å². The molecule has 2 rings (SSSR count). The second-order valence-corrected chi connectivity index (χ2v) is 6.53. The number of amidine groups is 1. The number of carbonyl (C=O) groups is 2. The fourth-order valence-corrected chi connectivity index (χ4v) is 2.89. The zero-order valence-electron chi connectivity index (χ0n) is 15.1. The Hall–Kier alpha value is -3.00. The number of nitrogens with zero attached hydrogens (tertiary/aromatic N) is 2. The molecule has 0 aliphatic heterocycles. The Kier molecular flexibility index (Phi) is 7.25. The predicted octanol–water partition coefficient (Wildman–Crippen LogP) is 4.47. The first-order valence-corrected chi connectivity index (χ1v) is 9.20. The number of anilines is 1. The van der Waals surface area contributed by atoms with Gasteiger partial charge in [0.25, 0.3) is 0 Å². The van der Waals surface area contributed by atoms with Crippen LogP contribution in [0.3, 0.4) is 0 Å². The smallest absolute Gasteiger partial charge is 0.338 e. The van der Waals surface area contributed by atoms with E-state index in [2.05, 4.69) is 5.22 Å². The Morgan fingerprint density at radius 3 is 2.22 bits per heavy atom. The molecular formula is C19H20N4O3S. The molecule has 0 atom stereocenters. The van der Waals surface area contributed by atoms with Gasteiger partial charge in [0.15, 0.2) is 11.0 Å². The van der Waals surface area contributed by atoms with E-state index in [0.29, 0.717) is 16.8 Å². The minimum absolute atomic E-state index is 0.0228. The summed E-state index contributed by atoms with van der Waals surface area (Å²) in [5, 5.41) is 12.6. The van der Waals surface area contributed by atoms with Crippen molar-refractivity contribution in [3.05, 3.63) is 65.2 Å². The highest BCUT2D eigenvalue weighted by atomic mass is 32.2. The van der Waals surface area contributed by atoms with Gasteiger partial charge in [-0.05, 0) is 38.1 Å². The molecule has 0 saturated carbocycles. The Balaban J connectivity index is 1.97. The number of thioether (sulfide) groups is 1. The molecule has 27 heavy (non-hydrogen) atoms. The molecular weight excluding hydrogens is 364 g/mol. The number of benzene rings is 2. The van der Waals surface area contributed by atoms with Crippen LogP contribution in [0.2, 0.25) is 0 Å². The molecule has 2 aromatic carbocycles. The standard InChI is InChI=1S/C19H20N4O3S/c1-3-26-18(25)15-8-6-14(7-9-15)17(24)12-27-19(20)23(22-21)16-10-4-13(2)5-11-16/h4-11,20-21H,3,12H2,1-2H3. The summed E-state index contributed by atoms with van der Waals surface area (Å²) in [6.45, 7) is 3.96. The highest BCUT2D eigenvalue weighted by Gasteiger charge is 2.15. The summed E-state index contributed by atoms with van der Waals surface area (Å²) in [5.74, 6) is -0.595. The van der Waals surface area contributed by atoms with E-state index >= 15 is 0 Å². The number of carbonyl (C=O) groups excluding carboxylic acids is 2. The maximum Gasteiger partial charge on any atom is 0.338 e. The summed E-state index contributed by atoms with van der Waals surface area (Å²) in [6.07, 6.45) is 0. The summed E-state index contributed by atoms with van der Waals surface area (Å²) in [6, 6.07) is 13.5. The van der Waals surface area contributed by atoms with Crippen LogP contribution < -0.4 is 5.01 Å². The van der Waals surface area contributed by atoms with Gasteiger partial charge in [-0.15, -0.1) is 0 Å². The van der Waals surface area contributed by atoms with Crippen LogP contribution in [0.5, 0.6) is 0 Å². The molecule has 0 bridgehead atoms. The van der Waals surface area contributed by atoms with E-state index < -0.39 is 5.97 Å². The van der Waals surface area contributed by atoms with Crippen molar-refractivity contribution in [2.24, 2.45) is 5.22 Å². The van der Waals surface area contributed by atoms with Gasteiger partial charge >= 0.3 is 5.97 Å². The molecule has 0 amide bonds. The van der Waals surface area contributed by atoms with Gasteiger partial charge in [0.1, 0.15) is 0 Å². The lowest BCUT2D eigenvalue weighted by Gasteiger charge is -2.17. The van der Waals surface area contributed by atoms with E-state index in [9.17, 15) is 9.59 Å². The lowest BCUT2D eigenvalue weighted by Crippen LogP contribution is -2.22. The molecule has 2 aromatic rings. The van der Waals surface area contributed by atoms with E-state index in [-0.39, 0.29) is 23.3 Å². The Bertz CT molecular complexity index is 835. The van der Waals surface area contributed by atoms with E-state index in [0.717, 1.165) is 22.3 Å². The average Bonchev–Trinajstić information content (AvgIpc) is 2.68. The third-order valence-electron chi connectivity index (χ3n) is 3.63. The number of nitrogens with one attached hydrogen (secondary N) is 2. The normalized spacial score (nSPS) is 10.1. The van der Waals surface area contributed by atoms with Crippen LogP contribution in [0.1, 0.15) is 33.2 Å². The monoisotopic (exact) mass is 384 g/mol. The summed E-state index contributed by atoms with van der Waals surface area (Å²) >= 11 is 0.984. The van der Waals surface area contributed by atoms with Gasteiger partial charge in [0.05, 0.1) is 23.6 Å². The number of hydrogen-bond acceptors (Lipinski definition) is 7. The quantitative estimate of drug-likeness (QED) is 0.183. The van der Waals surface area contributed by atoms with Crippen molar-refractivity contribution in [1.29, 1.82) is 10.9 Å².